The Hall–Kier alpha value is -6.58. The number of furan rings is 1. The van der Waals surface area contributed by atoms with Crippen molar-refractivity contribution in [2.75, 3.05) is 0 Å². The standard InChI is InChI=1S/C46H28N2O/c1-2-9-29(10-3-1)30-19-21-31(22-20-30)35-15-7-17-40-41-18-8-16-36(46(41)49-45(35)40)34-12-6-11-32(27-34)33-23-24-39-42(28-33)37-13-4-5-14-38(37)43-44(39)48-26-25-47-43/h1-28H. The molecule has 0 radical (unpaired) electrons. The molecule has 0 aliphatic heterocycles. The third-order valence-electron chi connectivity index (χ3n) is 9.78. The summed E-state index contributed by atoms with van der Waals surface area (Å²) in [4.78, 5) is 9.42. The number of nitrogens with zero attached hydrogens (tertiary/aromatic N) is 2. The van der Waals surface area contributed by atoms with Crippen LogP contribution in [-0.4, -0.2) is 9.97 Å². The van der Waals surface area contributed by atoms with Crippen molar-refractivity contribution >= 4 is 54.5 Å². The maximum atomic E-state index is 6.82. The van der Waals surface area contributed by atoms with E-state index in [9.17, 15) is 0 Å². The molecule has 0 amide bonds. The molecule has 0 bridgehead atoms. The lowest BCUT2D eigenvalue weighted by Gasteiger charge is -2.11. The molecule has 228 valence electrons. The van der Waals surface area contributed by atoms with Crippen LogP contribution < -0.4 is 0 Å². The van der Waals surface area contributed by atoms with Crippen LogP contribution in [0.25, 0.3) is 99.0 Å². The van der Waals surface area contributed by atoms with Gasteiger partial charge in [-0.15, -0.1) is 0 Å². The van der Waals surface area contributed by atoms with E-state index in [1.54, 1.807) is 12.4 Å². The molecule has 49 heavy (non-hydrogen) atoms. The highest BCUT2D eigenvalue weighted by Gasteiger charge is 2.17. The van der Waals surface area contributed by atoms with Crippen molar-refractivity contribution in [2.24, 2.45) is 0 Å². The monoisotopic (exact) mass is 624 g/mol. The van der Waals surface area contributed by atoms with Gasteiger partial charge in [0, 0.05) is 45.1 Å². The van der Waals surface area contributed by atoms with Gasteiger partial charge < -0.3 is 4.42 Å². The van der Waals surface area contributed by atoms with E-state index in [-0.39, 0.29) is 0 Å². The normalized spacial score (nSPS) is 11.7. The fourth-order valence-electron chi connectivity index (χ4n) is 7.42. The highest BCUT2D eigenvalue weighted by molar-refractivity contribution is 6.23. The molecular formula is C46H28N2O. The maximum Gasteiger partial charge on any atom is 0.143 e. The van der Waals surface area contributed by atoms with Crippen LogP contribution in [0.1, 0.15) is 0 Å². The molecule has 2 aromatic heterocycles. The Morgan fingerprint density at radius 2 is 0.796 bits per heavy atom. The van der Waals surface area contributed by atoms with Crippen molar-refractivity contribution in [1.29, 1.82) is 0 Å². The van der Waals surface area contributed by atoms with Crippen molar-refractivity contribution in [3.8, 4) is 44.5 Å². The first-order valence-corrected chi connectivity index (χ1v) is 16.6. The molecule has 0 unspecified atom stereocenters. The average molecular weight is 625 g/mol. The Labute approximate surface area is 282 Å². The second kappa shape index (κ2) is 11.0. The number of rotatable bonds is 4. The van der Waals surface area contributed by atoms with Crippen LogP contribution in [0.3, 0.4) is 0 Å². The molecule has 0 N–H and O–H groups in total. The predicted molar refractivity (Wildman–Crippen MR) is 204 cm³/mol. The van der Waals surface area contributed by atoms with E-state index in [1.165, 1.54) is 21.9 Å². The van der Waals surface area contributed by atoms with Crippen LogP contribution in [0.4, 0.5) is 0 Å². The molecule has 0 saturated carbocycles. The summed E-state index contributed by atoms with van der Waals surface area (Å²) in [7, 11) is 0. The number of aromatic nitrogens is 2. The van der Waals surface area contributed by atoms with Crippen molar-refractivity contribution in [3.63, 3.8) is 0 Å². The van der Waals surface area contributed by atoms with Gasteiger partial charge in [-0.05, 0) is 56.3 Å². The summed E-state index contributed by atoms with van der Waals surface area (Å²) in [6.07, 6.45) is 3.55. The van der Waals surface area contributed by atoms with Gasteiger partial charge in [-0.2, -0.15) is 0 Å². The van der Waals surface area contributed by atoms with E-state index in [1.807, 2.05) is 6.07 Å². The molecule has 8 aromatic carbocycles. The van der Waals surface area contributed by atoms with Crippen LogP contribution in [0.5, 0.6) is 0 Å². The average Bonchev–Trinajstić information content (AvgIpc) is 3.58. The molecule has 0 saturated heterocycles. The zero-order chi connectivity index (χ0) is 32.3. The van der Waals surface area contributed by atoms with E-state index in [4.69, 9.17) is 14.4 Å². The Bertz CT molecular complexity index is 2830. The molecule has 10 aromatic rings. The van der Waals surface area contributed by atoms with Crippen LogP contribution >= 0.6 is 0 Å². The Morgan fingerprint density at radius 1 is 0.306 bits per heavy atom. The highest BCUT2D eigenvalue weighted by Crippen LogP contribution is 2.41. The molecule has 2 heterocycles. The van der Waals surface area contributed by atoms with E-state index < -0.39 is 0 Å². The first-order valence-electron chi connectivity index (χ1n) is 16.6. The van der Waals surface area contributed by atoms with Crippen molar-refractivity contribution < 1.29 is 4.42 Å². The fourth-order valence-corrected chi connectivity index (χ4v) is 7.42. The molecule has 10 rings (SSSR count). The minimum Gasteiger partial charge on any atom is -0.455 e. The van der Waals surface area contributed by atoms with Gasteiger partial charge in [-0.1, -0.05) is 146 Å². The Kier molecular flexibility index (Phi) is 6.18. The number of para-hydroxylation sites is 2. The highest BCUT2D eigenvalue weighted by atomic mass is 16.3. The number of hydrogen-bond acceptors (Lipinski definition) is 3. The zero-order valence-electron chi connectivity index (χ0n) is 26.5. The smallest absolute Gasteiger partial charge is 0.143 e. The van der Waals surface area contributed by atoms with Gasteiger partial charge in [-0.3, -0.25) is 9.97 Å². The van der Waals surface area contributed by atoms with E-state index >= 15 is 0 Å². The minimum atomic E-state index is 0.901. The molecule has 0 atom stereocenters. The second-order valence-electron chi connectivity index (χ2n) is 12.6. The third kappa shape index (κ3) is 4.44. The summed E-state index contributed by atoms with van der Waals surface area (Å²) in [6, 6.07) is 56.1. The van der Waals surface area contributed by atoms with Gasteiger partial charge >= 0.3 is 0 Å². The topological polar surface area (TPSA) is 38.9 Å². The molecule has 3 heteroatoms. The number of fused-ring (bicyclic) bond motifs is 9. The van der Waals surface area contributed by atoms with Crippen LogP contribution in [0.15, 0.2) is 175 Å². The van der Waals surface area contributed by atoms with Crippen LogP contribution in [0, 0.1) is 0 Å². The first kappa shape index (κ1) is 27.5. The van der Waals surface area contributed by atoms with Crippen molar-refractivity contribution in [2.45, 2.75) is 0 Å². The molecular weight excluding hydrogens is 597 g/mol. The minimum absolute atomic E-state index is 0.901. The van der Waals surface area contributed by atoms with E-state index in [0.29, 0.717) is 0 Å². The first-order chi connectivity index (χ1) is 24.3. The summed E-state index contributed by atoms with van der Waals surface area (Å²) in [5.74, 6) is 0. The Morgan fingerprint density at radius 3 is 1.53 bits per heavy atom. The van der Waals surface area contributed by atoms with Crippen molar-refractivity contribution in [3.05, 3.63) is 170 Å². The third-order valence-corrected chi connectivity index (χ3v) is 9.78. The largest absolute Gasteiger partial charge is 0.455 e. The SMILES string of the molecule is c1ccc(-c2ccc(-c3cccc4c3oc3c(-c5cccc(-c6ccc7c(c6)c6ccccc6c6nccnc76)c5)cccc34)cc2)cc1. The van der Waals surface area contributed by atoms with Gasteiger partial charge in [0.25, 0.3) is 0 Å². The van der Waals surface area contributed by atoms with Crippen LogP contribution in [0.2, 0.25) is 0 Å². The number of hydrogen-bond donors (Lipinski definition) is 0. The summed E-state index contributed by atoms with van der Waals surface area (Å²) >= 11 is 0. The van der Waals surface area contributed by atoms with Gasteiger partial charge in [0.15, 0.2) is 0 Å². The summed E-state index contributed by atoms with van der Waals surface area (Å²) in [5, 5.41) is 6.82. The lowest BCUT2D eigenvalue weighted by atomic mass is 9.94. The second-order valence-corrected chi connectivity index (χ2v) is 12.6. The lowest BCUT2D eigenvalue weighted by Crippen LogP contribution is -1.89. The quantitative estimate of drug-likeness (QED) is 0.183. The van der Waals surface area contributed by atoms with Gasteiger partial charge in [0.05, 0.1) is 11.0 Å². The fraction of sp³-hybridized carbons (Fsp3) is 0. The van der Waals surface area contributed by atoms with Crippen LogP contribution in [-0.2, 0) is 0 Å². The van der Waals surface area contributed by atoms with E-state index in [2.05, 4.69) is 152 Å². The molecule has 0 aliphatic carbocycles. The number of benzene rings is 8. The van der Waals surface area contributed by atoms with Gasteiger partial charge in [-0.25, -0.2) is 0 Å². The molecule has 0 spiro atoms. The zero-order valence-corrected chi connectivity index (χ0v) is 26.5. The Balaban J connectivity index is 1.09. The van der Waals surface area contributed by atoms with E-state index in [0.717, 1.165) is 77.1 Å². The van der Waals surface area contributed by atoms with Crippen molar-refractivity contribution in [1.82, 2.24) is 9.97 Å². The summed E-state index contributed by atoms with van der Waals surface area (Å²) in [5.41, 5.74) is 12.8. The summed E-state index contributed by atoms with van der Waals surface area (Å²) in [6.45, 7) is 0. The van der Waals surface area contributed by atoms with Gasteiger partial charge in [0.1, 0.15) is 11.2 Å². The maximum absolute atomic E-state index is 6.82. The summed E-state index contributed by atoms with van der Waals surface area (Å²) < 4.78 is 6.82. The predicted octanol–water partition coefficient (Wildman–Crippen LogP) is 12.5. The lowest BCUT2D eigenvalue weighted by molar-refractivity contribution is 0.671. The molecule has 3 nitrogen and oxygen atoms in total. The molecule has 0 aliphatic rings. The molecule has 0 fully saturated rings. The van der Waals surface area contributed by atoms with Gasteiger partial charge in [0.2, 0.25) is 0 Å².